The van der Waals surface area contributed by atoms with Gasteiger partial charge in [-0.2, -0.15) is 0 Å². The van der Waals surface area contributed by atoms with Crippen LogP contribution in [0.5, 0.6) is 0 Å². The largest absolute Gasteiger partial charge is 0.481 e. The Kier molecular flexibility index (Phi) is 1.31. The first-order chi connectivity index (χ1) is 5.18. The van der Waals surface area contributed by atoms with Crippen LogP contribution in [0.1, 0.15) is 19.3 Å². The summed E-state index contributed by atoms with van der Waals surface area (Å²) in [5.41, 5.74) is 1.17. The van der Waals surface area contributed by atoms with Gasteiger partial charge < -0.3 is 5.11 Å². The van der Waals surface area contributed by atoms with Crippen molar-refractivity contribution in [3.8, 4) is 0 Å². The highest BCUT2D eigenvalue weighted by atomic mass is 16.4. The van der Waals surface area contributed by atoms with Gasteiger partial charge in [0.15, 0.2) is 0 Å². The van der Waals surface area contributed by atoms with Crippen LogP contribution in [0.4, 0.5) is 0 Å². The van der Waals surface area contributed by atoms with Gasteiger partial charge >= 0.3 is 5.97 Å². The van der Waals surface area contributed by atoms with Gasteiger partial charge in [0.05, 0.1) is 5.92 Å². The van der Waals surface area contributed by atoms with Gasteiger partial charge in [0, 0.05) is 0 Å². The number of allylic oxidation sites excluding steroid dienone is 1. The molecule has 3 unspecified atom stereocenters. The van der Waals surface area contributed by atoms with Crippen molar-refractivity contribution in [1.82, 2.24) is 0 Å². The Balaban J connectivity index is 2.18. The first kappa shape index (κ1) is 6.89. The average molecular weight is 152 g/mol. The minimum absolute atomic E-state index is 0.110. The van der Waals surface area contributed by atoms with Gasteiger partial charge in [-0.25, -0.2) is 0 Å². The molecule has 2 aliphatic carbocycles. The fourth-order valence-electron chi connectivity index (χ4n) is 2.56. The second-order valence-electron chi connectivity index (χ2n) is 3.75. The molecule has 0 aromatic rings. The molecule has 2 saturated carbocycles. The van der Waals surface area contributed by atoms with E-state index in [0.29, 0.717) is 11.8 Å². The van der Waals surface area contributed by atoms with Gasteiger partial charge in [-0.15, -0.1) is 0 Å². The summed E-state index contributed by atoms with van der Waals surface area (Å²) in [5, 5.41) is 8.81. The number of carboxylic acid groups (broad SMARTS) is 1. The van der Waals surface area contributed by atoms with Crippen LogP contribution >= 0.6 is 0 Å². The molecule has 0 aromatic heterocycles. The maximum atomic E-state index is 10.7. The lowest BCUT2D eigenvalue weighted by molar-refractivity contribution is -0.142. The SMILES string of the molecule is C=C1CC2CC1C(C(=O)O)C2. The lowest BCUT2D eigenvalue weighted by Gasteiger charge is -2.19. The Labute approximate surface area is 65.9 Å². The summed E-state index contributed by atoms with van der Waals surface area (Å²) in [6.45, 7) is 3.91. The van der Waals surface area contributed by atoms with E-state index < -0.39 is 5.97 Å². The lowest BCUT2D eigenvalue weighted by atomic mass is 9.86. The standard InChI is InChI=1S/C9H12O2/c1-5-2-6-3-7(5)8(4-6)9(10)11/h6-8H,1-4H2,(H,10,11). The molecule has 3 atom stereocenters. The number of rotatable bonds is 1. The summed E-state index contributed by atoms with van der Waals surface area (Å²) in [4.78, 5) is 10.7. The summed E-state index contributed by atoms with van der Waals surface area (Å²) in [6, 6.07) is 0. The first-order valence-electron chi connectivity index (χ1n) is 4.09. The van der Waals surface area contributed by atoms with Crippen molar-refractivity contribution >= 4 is 5.97 Å². The van der Waals surface area contributed by atoms with E-state index in [0.717, 1.165) is 19.3 Å². The van der Waals surface area contributed by atoms with E-state index in [1.807, 2.05) is 0 Å². The summed E-state index contributed by atoms with van der Waals surface area (Å²) >= 11 is 0. The molecular weight excluding hydrogens is 140 g/mol. The Morgan fingerprint density at radius 3 is 2.64 bits per heavy atom. The third kappa shape index (κ3) is 0.889. The van der Waals surface area contributed by atoms with Gasteiger partial charge in [-0.05, 0) is 31.1 Å². The van der Waals surface area contributed by atoms with Crippen molar-refractivity contribution in [3.63, 3.8) is 0 Å². The smallest absolute Gasteiger partial charge is 0.307 e. The summed E-state index contributed by atoms with van der Waals surface area (Å²) < 4.78 is 0. The number of hydrogen-bond donors (Lipinski definition) is 1. The number of aliphatic carboxylic acids is 1. The molecule has 0 heterocycles. The first-order valence-corrected chi connectivity index (χ1v) is 4.09. The van der Waals surface area contributed by atoms with Crippen LogP contribution in [0.3, 0.4) is 0 Å². The minimum Gasteiger partial charge on any atom is -0.481 e. The van der Waals surface area contributed by atoms with Crippen molar-refractivity contribution in [3.05, 3.63) is 12.2 Å². The highest BCUT2D eigenvalue weighted by Crippen LogP contribution is 2.50. The van der Waals surface area contributed by atoms with Crippen LogP contribution in [-0.2, 0) is 4.79 Å². The van der Waals surface area contributed by atoms with Gasteiger partial charge in [0.1, 0.15) is 0 Å². The Hall–Kier alpha value is -0.790. The zero-order valence-corrected chi connectivity index (χ0v) is 6.42. The van der Waals surface area contributed by atoms with Gasteiger partial charge in [0.25, 0.3) is 0 Å². The molecule has 0 aliphatic heterocycles. The average Bonchev–Trinajstić information content (AvgIpc) is 2.43. The second-order valence-corrected chi connectivity index (χ2v) is 3.75. The fourth-order valence-corrected chi connectivity index (χ4v) is 2.56. The fraction of sp³-hybridized carbons (Fsp3) is 0.667. The highest BCUT2D eigenvalue weighted by Gasteiger charge is 2.45. The maximum Gasteiger partial charge on any atom is 0.307 e. The van der Waals surface area contributed by atoms with Crippen molar-refractivity contribution < 1.29 is 9.90 Å². The molecule has 1 N–H and O–H groups in total. The molecule has 60 valence electrons. The van der Waals surface area contributed by atoms with Crippen molar-refractivity contribution in [1.29, 1.82) is 0 Å². The van der Waals surface area contributed by atoms with Crippen molar-refractivity contribution in [2.75, 3.05) is 0 Å². The normalized spacial score (nSPS) is 41.5. The van der Waals surface area contributed by atoms with Crippen LogP contribution in [-0.4, -0.2) is 11.1 Å². The van der Waals surface area contributed by atoms with E-state index in [1.54, 1.807) is 0 Å². The van der Waals surface area contributed by atoms with Crippen LogP contribution in [0.25, 0.3) is 0 Å². The van der Waals surface area contributed by atoms with Crippen LogP contribution in [0.2, 0.25) is 0 Å². The summed E-state index contributed by atoms with van der Waals surface area (Å²) in [7, 11) is 0. The van der Waals surface area contributed by atoms with E-state index in [4.69, 9.17) is 5.11 Å². The van der Waals surface area contributed by atoms with Crippen molar-refractivity contribution in [2.45, 2.75) is 19.3 Å². The van der Waals surface area contributed by atoms with Gasteiger partial charge in [-0.3, -0.25) is 4.79 Å². The van der Waals surface area contributed by atoms with Crippen LogP contribution < -0.4 is 0 Å². The summed E-state index contributed by atoms with van der Waals surface area (Å²) in [5.74, 6) is 0.200. The van der Waals surface area contributed by atoms with Gasteiger partial charge in [-0.1, -0.05) is 12.2 Å². The van der Waals surface area contributed by atoms with E-state index in [-0.39, 0.29) is 5.92 Å². The Morgan fingerprint density at radius 2 is 2.27 bits per heavy atom. The van der Waals surface area contributed by atoms with Crippen LogP contribution in [0, 0.1) is 17.8 Å². The number of carboxylic acids is 1. The topological polar surface area (TPSA) is 37.3 Å². The quantitative estimate of drug-likeness (QED) is 0.580. The molecule has 2 rings (SSSR count). The molecule has 0 aromatic carbocycles. The highest BCUT2D eigenvalue weighted by molar-refractivity contribution is 5.71. The zero-order valence-electron chi connectivity index (χ0n) is 6.42. The van der Waals surface area contributed by atoms with Gasteiger partial charge in [0.2, 0.25) is 0 Å². The molecule has 0 saturated heterocycles. The molecule has 11 heavy (non-hydrogen) atoms. The Morgan fingerprint density at radius 1 is 1.55 bits per heavy atom. The zero-order chi connectivity index (χ0) is 8.01. The monoisotopic (exact) mass is 152 g/mol. The predicted molar refractivity (Wildman–Crippen MR) is 41.1 cm³/mol. The Bertz CT molecular complexity index is 220. The third-order valence-electron chi connectivity index (χ3n) is 3.05. The molecule has 2 aliphatic rings. The van der Waals surface area contributed by atoms with Crippen molar-refractivity contribution in [2.24, 2.45) is 17.8 Å². The molecule has 0 amide bonds. The van der Waals surface area contributed by atoms with E-state index >= 15 is 0 Å². The van der Waals surface area contributed by atoms with Crippen LogP contribution in [0.15, 0.2) is 12.2 Å². The molecular formula is C9H12O2. The second kappa shape index (κ2) is 2.10. The molecule has 0 radical (unpaired) electrons. The molecule has 2 nitrogen and oxygen atoms in total. The minimum atomic E-state index is -0.627. The lowest BCUT2D eigenvalue weighted by Crippen LogP contribution is -2.21. The summed E-state index contributed by atoms with van der Waals surface area (Å²) in [6.07, 6.45) is 3.04. The predicted octanol–water partition coefficient (Wildman–Crippen LogP) is 1.67. The van der Waals surface area contributed by atoms with E-state index in [1.165, 1.54) is 5.57 Å². The molecule has 2 fully saturated rings. The van der Waals surface area contributed by atoms with E-state index in [2.05, 4.69) is 6.58 Å². The number of hydrogen-bond acceptors (Lipinski definition) is 1. The molecule has 2 heteroatoms. The van der Waals surface area contributed by atoms with E-state index in [9.17, 15) is 4.79 Å². The molecule has 2 bridgehead atoms. The molecule has 0 spiro atoms. The maximum absolute atomic E-state index is 10.7. The number of carbonyl (C=O) groups is 1. The number of fused-ring (bicyclic) bond motifs is 2. The third-order valence-corrected chi connectivity index (χ3v) is 3.05.